The standard InChI is InChI=1S/C15H9FN4/c16-12-1-2-13-10(6-12)5-11(7-18-13)14-8-19-15-9-17-3-4-20(14)15/h1-9H. The molecule has 0 atom stereocenters. The van der Waals surface area contributed by atoms with E-state index >= 15 is 0 Å². The molecule has 1 aromatic carbocycles. The first kappa shape index (κ1) is 11.0. The fourth-order valence-corrected chi connectivity index (χ4v) is 2.30. The summed E-state index contributed by atoms with van der Waals surface area (Å²) in [4.78, 5) is 12.7. The number of hydrogen-bond donors (Lipinski definition) is 0. The van der Waals surface area contributed by atoms with E-state index in [0.29, 0.717) is 0 Å². The molecule has 3 aromatic heterocycles. The van der Waals surface area contributed by atoms with Gasteiger partial charge in [-0.3, -0.25) is 14.4 Å². The van der Waals surface area contributed by atoms with Crippen LogP contribution in [-0.4, -0.2) is 19.4 Å². The quantitative estimate of drug-likeness (QED) is 0.530. The Balaban J connectivity index is 1.97. The monoisotopic (exact) mass is 264 g/mol. The Labute approximate surface area is 113 Å². The van der Waals surface area contributed by atoms with E-state index in [9.17, 15) is 4.39 Å². The second kappa shape index (κ2) is 4.09. The highest BCUT2D eigenvalue weighted by atomic mass is 19.1. The lowest BCUT2D eigenvalue weighted by Crippen LogP contribution is -1.90. The molecule has 0 fully saturated rings. The molecule has 0 unspecified atom stereocenters. The molecule has 0 bridgehead atoms. The molecule has 0 N–H and O–H groups in total. The van der Waals surface area contributed by atoms with E-state index in [2.05, 4.69) is 15.0 Å². The normalized spacial score (nSPS) is 11.2. The van der Waals surface area contributed by atoms with Crippen molar-refractivity contribution in [3.05, 3.63) is 61.1 Å². The largest absolute Gasteiger partial charge is 0.297 e. The van der Waals surface area contributed by atoms with Crippen LogP contribution < -0.4 is 0 Å². The molecule has 0 amide bonds. The van der Waals surface area contributed by atoms with Gasteiger partial charge in [0.15, 0.2) is 5.65 Å². The second-order valence-electron chi connectivity index (χ2n) is 4.51. The highest BCUT2D eigenvalue weighted by Gasteiger charge is 2.07. The lowest BCUT2D eigenvalue weighted by Gasteiger charge is -2.03. The number of aromatic nitrogens is 4. The molecule has 4 nitrogen and oxygen atoms in total. The van der Waals surface area contributed by atoms with Crippen LogP contribution in [0.4, 0.5) is 4.39 Å². The summed E-state index contributed by atoms with van der Waals surface area (Å²) in [6.45, 7) is 0. The summed E-state index contributed by atoms with van der Waals surface area (Å²) < 4.78 is 15.2. The molecule has 0 spiro atoms. The van der Waals surface area contributed by atoms with Crippen molar-refractivity contribution in [1.29, 1.82) is 0 Å². The zero-order valence-electron chi connectivity index (χ0n) is 10.4. The van der Waals surface area contributed by atoms with Gasteiger partial charge >= 0.3 is 0 Å². The van der Waals surface area contributed by atoms with Crippen molar-refractivity contribution in [2.75, 3.05) is 0 Å². The highest BCUT2D eigenvalue weighted by Crippen LogP contribution is 2.23. The highest BCUT2D eigenvalue weighted by molar-refractivity contribution is 5.83. The van der Waals surface area contributed by atoms with Crippen LogP contribution in [0.3, 0.4) is 0 Å². The molecule has 0 aliphatic carbocycles. The first-order valence-electron chi connectivity index (χ1n) is 6.14. The Hall–Kier alpha value is -2.82. The van der Waals surface area contributed by atoms with E-state index in [1.807, 2.05) is 16.7 Å². The summed E-state index contributed by atoms with van der Waals surface area (Å²) in [6, 6.07) is 6.48. The topological polar surface area (TPSA) is 43.1 Å². The third-order valence-electron chi connectivity index (χ3n) is 3.26. The van der Waals surface area contributed by atoms with Crippen molar-refractivity contribution >= 4 is 16.6 Å². The van der Waals surface area contributed by atoms with Crippen LogP contribution in [0.15, 0.2) is 55.2 Å². The minimum Gasteiger partial charge on any atom is -0.297 e. The van der Waals surface area contributed by atoms with Crippen molar-refractivity contribution < 1.29 is 4.39 Å². The SMILES string of the molecule is Fc1ccc2ncc(-c3cnc4cnccn34)cc2c1. The summed E-state index contributed by atoms with van der Waals surface area (Å²) in [5, 5.41) is 0.770. The van der Waals surface area contributed by atoms with Crippen molar-refractivity contribution in [3.63, 3.8) is 0 Å². The first-order valence-corrected chi connectivity index (χ1v) is 6.14. The molecular formula is C15H9FN4. The van der Waals surface area contributed by atoms with Crippen LogP contribution in [0.25, 0.3) is 27.8 Å². The van der Waals surface area contributed by atoms with Crippen LogP contribution in [-0.2, 0) is 0 Å². The fraction of sp³-hybridized carbons (Fsp3) is 0. The average Bonchev–Trinajstić information content (AvgIpc) is 2.90. The molecular weight excluding hydrogens is 255 g/mol. The number of benzene rings is 1. The van der Waals surface area contributed by atoms with Gasteiger partial charge in [-0.25, -0.2) is 9.37 Å². The Morgan fingerprint density at radius 3 is 2.90 bits per heavy atom. The van der Waals surface area contributed by atoms with Crippen LogP contribution in [0.5, 0.6) is 0 Å². The predicted octanol–water partition coefficient (Wildman–Crippen LogP) is 3.08. The van der Waals surface area contributed by atoms with E-state index in [1.54, 1.807) is 30.9 Å². The number of imidazole rings is 1. The van der Waals surface area contributed by atoms with E-state index in [1.165, 1.54) is 12.1 Å². The number of pyridine rings is 1. The summed E-state index contributed by atoms with van der Waals surface area (Å²) in [5.74, 6) is -0.265. The van der Waals surface area contributed by atoms with Gasteiger partial charge in [-0.2, -0.15) is 0 Å². The molecule has 0 saturated carbocycles. The Bertz CT molecular complexity index is 929. The molecule has 20 heavy (non-hydrogen) atoms. The maximum atomic E-state index is 13.3. The Morgan fingerprint density at radius 2 is 1.95 bits per heavy atom. The van der Waals surface area contributed by atoms with Gasteiger partial charge in [-0.15, -0.1) is 0 Å². The molecule has 0 radical (unpaired) electrons. The van der Waals surface area contributed by atoms with E-state index in [-0.39, 0.29) is 5.82 Å². The fourth-order valence-electron chi connectivity index (χ4n) is 2.30. The van der Waals surface area contributed by atoms with Gasteiger partial charge in [0.05, 0.1) is 23.6 Å². The third kappa shape index (κ3) is 1.64. The van der Waals surface area contributed by atoms with Gasteiger partial charge in [0.1, 0.15) is 5.82 Å². The van der Waals surface area contributed by atoms with Crippen molar-refractivity contribution in [2.45, 2.75) is 0 Å². The summed E-state index contributed by atoms with van der Waals surface area (Å²) in [5.41, 5.74) is 3.33. The maximum absolute atomic E-state index is 13.3. The van der Waals surface area contributed by atoms with Gasteiger partial charge in [0.2, 0.25) is 0 Å². The van der Waals surface area contributed by atoms with E-state index in [0.717, 1.165) is 27.8 Å². The molecule has 5 heteroatoms. The van der Waals surface area contributed by atoms with E-state index < -0.39 is 0 Å². The Morgan fingerprint density at radius 1 is 1.00 bits per heavy atom. The lowest BCUT2D eigenvalue weighted by molar-refractivity contribution is 0.629. The minimum atomic E-state index is -0.265. The van der Waals surface area contributed by atoms with Gasteiger partial charge in [-0.05, 0) is 24.3 Å². The lowest BCUT2D eigenvalue weighted by atomic mass is 10.1. The van der Waals surface area contributed by atoms with Crippen molar-refractivity contribution in [2.24, 2.45) is 0 Å². The predicted molar refractivity (Wildman–Crippen MR) is 73.7 cm³/mol. The molecule has 96 valence electrons. The van der Waals surface area contributed by atoms with Crippen LogP contribution >= 0.6 is 0 Å². The maximum Gasteiger partial charge on any atom is 0.155 e. The van der Waals surface area contributed by atoms with Crippen LogP contribution in [0.1, 0.15) is 0 Å². The van der Waals surface area contributed by atoms with Gasteiger partial charge in [0.25, 0.3) is 0 Å². The number of rotatable bonds is 1. The Kier molecular flexibility index (Phi) is 2.26. The summed E-state index contributed by atoms with van der Waals surface area (Å²) in [6.07, 6.45) is 8.76. The molecule has 4 aromatic rings. The zero-order valence-corrected chi connectivity index (χ0v) is 10.4. The van der Waals surface area contributed by atoms with Crippen molar-refractivity contribution in [3.8, 4) is 11.3 Å². The summed E-state index contributed by atoms with van der Waals surface area (Å²) in [7, 11) is 0. The number of fused-ring (bicyclic) bond motifs is 2. The smallest absolute Gasteiger partial charge is 0.155 e. The average molecular weight is 264 g/mol. The van der Waals surface area contributed by atoms with Crippen molar-refractivity contribution in [1.82, 2.24) is 19.4 Å². The minimum absolute atomic E-state index is 0.265. The molecule has 0 aliphatic heterocycles. The van der Waals surface area contributed by atoms with E-state index in [4.69, 9.17) is 0 Å². The zero-order chi connectivity index (χ0) is 13.5. The second-order valence-corrected chi connectivity index (χ2v) is 4.51. The number of halogens is 1. The number of hydrogen-bond acceptors (Lipinski definition) is 3. The summed E-state index contributed by atoms with van der Waals surface area (Å²) >= 11 is 0. The third-order valence-corrected chi connectivity index (χ3v) is 3.26. The molecule has 0 saturated heterocycles. The number of nitrogens with zero attached hydrogens (tertiary/aromatic N) is 4. The molecule has 4 rings (SSSR count). The van der Waals surface area contributed by atoms with Gasteiger partial charge < -0.3 is 0 Å². The van der Waals surface area contributed by atoms with Crippen LogP contribution in [0, 0.1) is 5.82 Å². The first-order chi connectivity index (χ1) is 9.81. The molecule has 3 heterocycles. The van der Waals surface area contributed by atoms with Crippen LogP contribution in [0.2, 0.25) is 0 Å². The molecule has 0 aliphatic rings. The van der Waals surface area contributed by atoms with Gasteiger partial charge in [0, 0.05) is 29.5 Å². The van der Waals surface area contributed by atoms with Gasteiger partial charge in [-0.1, -0.05) is 0 Å².